The lowest BCUT2D eigenvalue weighted by Crippen LogP contribution is -2.30. The molecule has 0 aliphatic carbocycles. The number of carbonyl (C=O) groups is 3. The van der Waals surface area contributed by atoms with Crippen LogP contribution in [-0.4, -0.2) is 37.2 Å². The molecule has 0 amide bonds. The number of hydrogen-bond donors (Lipinski definition) is 0. The molecule has 0 N–H and O–H groups in total. The molecule has 0 aromatic carbocycles. The lowest BCUT2D eigenvalue weighted by molar-refractivity contribution is -0.167. The van der Waals surface area contributed by atoms with Crippen LogP contribution in [0.4, 0.5) is 0 Å². The number of esters is 3. The number of unbranched alkanes of at least 4 members (excludes halogenated alkanes) is 34. The van der Waals surface area contributed by atoms with Crippen molar-refractivity contribution in [2.45, 2.75) is 297 Å². The first-order valence-corrected chi connectivity index (χ1v) is 28.2. The maximum atomic E-state index is 12.8. The van der Waals surface area contributed by atoms with Crippen molar-refractivity contribution in [1.29, 1.82) is 0 Å². The van der Waals surface area contributed by atoms with Gasteiger partial charge in [-0.05, 0) is 70.6 Å². The average Bonchev–Trinajstić information content (AvgIpc) is 3.30. The highest BCUT2D eigenvalue weighted by Gasteiger charge is 2.19. The fraction of sp³-hybridized carbons (Fsp3) is 0.814. The molecular formula is C59H106O6. The Bertz CT molecular complexity index is 1140. The van der Waals surface area contributed by atoms with Crippen molar-refractivity contribution >= 4 is 17.9 Å². The molecule has 0 heterocycles. The zero-order valence-electron chi connectivity index (χ0n) is 43.3. The second-order valence-corrected chi connectivity index (χ2v) is 18.9. The van der Waals surface area contributed by atoms with E-state index < -0.39 is 6.10 Å². The zero-order valence-corrected chi connectivity index (χ0v) is 43.3. The fourth-order valence-corrected chi connectivity index (χ4v) is 8.07. The van der Waals surface area contributed by atoms with Crippen molar-refractivity contribution in [3.63, 3.8) is 0 Å². The molecule has 65 heavy (non-hydrogen) atoms. The molecule has 0 aliphatic rings. The van der Waals surface area contributed by atoms with Gasteiger partial charge in [-0.1, -0.05) is 249 Å². The van der Waals surface area contributed by atoms with E-state index in [9.17, 15) is 14.4 Å². The van der Waals surface area contributed by atoms with Gasteiger partial charge in [0.25, 0.3) is 0 Å². The minimum atomic E-state index is -0.785. The third kappa shape index (κ3) is 52.2. The van der Waals surface area contributed by atoms with Gasteiger partial charge in [0, 0.05) is 19.3 Å². The summed E-state index contributed by atoms with van der Waals surface area (Å²) in [5.41, 5.74) is 0. The highest BCUT2D eigenvalue weighted by atomic mass is 16.6. The van der Waals surface area contributed by atoms with E-state index in [0.29, 0.717) is 19.3 Å². The maximum Gasteiger partial charge on any atom is 0.306 e. The van der Waals surface area contributed by atoms with Gasteiger partial charge in [-0.2, -0.15) is 0 Å². The topological polar surface area (TPSA) is 78.9 Å². The monoisotopic (exact) mass is 911 g/mol. The van der Waals surface area contributed by atoms with Crippen molar-refractivity contribution in [1.82, 2.24) is 0 Å². The van der Waals surface area contributed by atoms with Gasteiger partial charge in [-0.3, -0.25) is 14.4 Å². The van der Waals surface area contributed by atoms with Gasteiger partial charge in [0.1, 0.15) is 13.2 Å². The van der Waals surface area contributed by atoms with E-state index in [1.54, 1.807) is 0 Å². The van der Waals surface area contributed by atoms with Crippen LogP contribution in [-0.2, 0) is 28.6 Å². The summed E-state index contributed by atoms with van der Waals surface area (Å²) in [4.78, 5) is 38.0. The lowest BCUT2D eigenvalue weighted by Gasteiger charge is -2.18. The van der Waals surface area contributed by atoms with Crippen LogP contribution in [0, 0.1) is 0 Å². The molecule has 0 radical (unpaired) electrons. The molecule has 0 bridgehead atoms. The summed E-state index contributed by atoms with van der Waals surface area (Å²) in [6, 6.07) is 0. The van der Waals surface area contributed by atoms with Crippen LogP contribution in [0.3, 0.4) is 0 Å². The van der Waals surface area contributed by atoms with Crippen molar-refractivity contribution in [3.05, 3.63) is 48.6 Å². The highest BCUT2D eigenvalue weighted by molar-refractivity contribution is 5.71. The normalized spacial score (nSPS) is 12.4. The number of hydrogen-bond acceptors (Lipinski definition) is 6. The van der Waals surface area contributed by atoms with Crippen LogP contribution in [0.15, 0.2) is 48.6 Å². The van der Waals surface area contributed by atoms with Crippen molar-refractivity contribution in [3.8, 4) is 0 Å². The molecule has 6 nitrogen and oxygen atoms in total. The van der Waals surface area contributed by atoms with E-state index >= 15 is 0 Å². The van der Waals surface area contributed by atoms with E-state index in [-0.39, 0.29) is 31.1 Å². The number of rotatable bonds is 51. The van der Waals surface area contributed by atoms with Crippen molar-refractivity contribution in [2.75, 3.05) is 13.2 Å². The Morgan fingerprint density at radius 3 is 0.815 bits per heavy atom. The van der Waals surface area contributed by atoms with E-state index in [2.05, 4.69) is 69.4 Å². The summed E-state index contributed by atoms with van der Waals surface area (Å²) < 4.78 is 16.8. The summed E-state index contributed by atoms with van der Waals surface area (Å²) in [7, 11) is 0. The van der Waals surface area contributed by atoms with Gasteiger partial charge in [-0.25, -0.2) is 0 Å². The van der Waals surface area contributed by atoms with Crippen LogP contribution in [0.5, 0.6) is 0 Å². The molecule has 0 aromatic heterocycles. The standard InChI is InChI=1S/C59H106O6/c1-4-7-10-13-16-19-22-24-26-28-30-32-34-37-40-43-46-49-52-58(61)64-55-56(54-63-57(60)51-48-45-42-39-36-21-18-15-12-9-6-3)65-59(62)53-50-47-44-41-38-35-33-31-29-27-25-23-20-17-14-11-8-5-2/h26-33,56H,4-25,34-55H2,1-3H3/b28-26-,29-27-,32-30-,33-31-. The van der Waals surface area contributed by atoms with E-state index in [4.69, 9.17) is 14.2 Å². The molecule has 0 saturated carbocycles. The summed E-state index contributed by atoms with van der Waals surface area (Å²) in [5, 5.41) is 0. The first kappa shape index (κ1) is 62.4. The Morgan fingerprint density at radius 1 is 0.308 bits per heavy atom. The predicted molar refractivity (Wildman–Crippen MR) is 279 cm³/mol. The van der Waals surface area contributed by atoms with Gasteiger partial charge in [0.15, 0.2) is 6.10 Å². The fourth-order valence-electron chi connectivity index (χ4n) is 8.07. The minimum Gasteiger partial charge on any atom is -0.462 e. The summed E-state index contributed by atoms with van der Waals surface area (Å²) in [6.45, 7) is 6.62. The SMILES string of the molecule is CCCCCCCCC/C=C\C=C/CCCCCCCC(=O)OCC(COC(=O)CCCCCCCCCCCCC)OC(=O)CCCCCCC/C=C\C=C/CCCCCCCCC. The zero-order chi connectivity index (χ0) is 47.2. The quantitative estimate of drug-likeness (QED) is 0.0262. The minimum absolute atomic E-state index is 0.0822. The maximum absolute atomic E-state index is 12.8. The summed E-state index contributed by atoms with van der Waals surface area (Å²) >= 11 is 0. The molecule has 378 valence electrons. The third-order valence-corrected chi connectivity index (χ3v) is 12.4. The number of carbonyl (C=O) groups excluding carboxylic acids is 3. The molecular weight excluding hydrogens is 805 g/mol. The largest absolute Gasteiger partial charge is 0.462 e. The Labute approximate surface area is 403 Å². The number of ether oxygens (including phenoxy) is 3. The Balaban J connectivity index is 4.38. The summed E-state index contributed by atoms with van der Waals surface area (Å²) in [5.74, 6) is -0.902. The Hall–Kier alpha value is -2.63. The average molecular weight is 911 g/mol. The van der Waals surface area contributed by atoms with Gasteiger partial charge in [0.2, 0.25) is 0 Å². The van der Waals surface area contributed by atoms with Crippen LogP contribution in [0.25, 0.3) is 0 Å². The van der Waals surface area contributed by atoms with Crippen LogP contribution in [0.2, 0.25) is 0 Å². The molecule has 0 aromatic rings. The Kier molecular flexibility index (Phi) is 51.8. The van der Waals surface area contributed by atoms with Crippen molar-refractivity contribution < 1.29 is 28.6 Å². The van der Waals surface area contributed by atoms with E-state index in [1.807, 2.05) is 0 Å². The molecule has 6 heteroatoms. The first-order valence-electron chi connectivity index (χ1n) is 28.2. The second-order valence-electron chi connectivity index (χ2n) is 18.9. The van der Waals surface area contributed by atoms with Gasteiger partial charge in [-0.15, -0.1) is 0 Å². The van der Waals surface area contributed by atoms with Crippen LogP contribution < -0.4 is 0 Å². The first-order chi connectivity index (χ1) is 32.0. The Morgan fingerprint density at radius 2 is 0.538 bits per heavy atom. The molecule has 0 rings (SSSR count). The molecule has 1 atom stereocenters. The van der Waals surface area contributed by atoms with E-state index in [1.165, 1.54) is 154 Å². The third-order valence-electron chi connectivity index (χ3n) is 12.4. The molecule has 0 saturated heterocycles. The molecule has 0 spiro atoms. The van der Waals surface area contributed by atoms with Gasteiger partial charge >= 0.3 is 17.9 Å². The second kappa shape index (κ2) is 54.0. The van der Waals surface area contributed by atoms with Gasteiger partial charge in [0.05, 0.1) is 0 Å². The number of allylic oxidation sites excluding steroid dienone is 8. The predicted octanol–water partition coefficient (Wildman–Crippen LogP) is 18.7. The highest BCUT2D eigenvalue weighted by Crippen LogP contribution is 2.15. The van der Waals surface area contributed by atoms with Gasteiger partial charge < -0.3 is 14.2 Å². The summed E-state index contributed by atoms with van der Waals surface area (Å²) in [6.07, 6.45) is 65.2. The van der Waals surface area contributed by atoms with Crippen LogP contribution in [0.1, 0.15) is 290 Å². The molecule has 1 unspecified atom stereocenters. The van der Waals surface area contributed by atoms with Crippen molar-refractivity contribution in [2.24, 2.45) is 0 Å². The molecule has 0 fully saturated rings. The van der Waals surface area contributed by atoms with Crippen LogP contribution >= 0.6 is 0 Å². The van der Waals surface area contributed by atoms with E-state index in [0.717, 1.165) is 96.3 Å². The lowest BCUT2D eigenvalue weighted by atomic mass is 10.1. The smallest absolute Gasteiger partial charge is 0.306 e. The molecule has 0 aliphatic heterocycles.